The number of carbonyl (C=O) groups is 1. The fourth-order valence-electron chi connectivity index (χ4n) is 1.07. The molecule has 0 saturated carbocycles. The Morgan fingerprint density at radius 3 is 2.87 bits per heavy atom. The van der Waals surface area contributed by atoms with E-state index in [0.29, 0.717) is 0 Å². The van der Waals surface area contributed by atoms with Gasteiger partial charge in [0.2, 0.25) is 0 Å². The monoisotopic (exact) mass is 215 g/mol. The zero-order valence-electron chi connectivity index (χ0n) is 8.17. The number of aliphatic hydroxyl groups excluding tert-OH is 2. The smallest absolute Gasteiger partial charge is 0.338 e. The standard InChI is InChI=1S/C8H13N3O4/c1-2-15-8(14)6(13)5(12)4-3-10-11-7(4)9/h3,5-6,12-13H,2H2,1H3,(H3,9,10,11). The first-order valence-corrected chi connectivity index (χ1v) is 4.39. The second-order valence-electron chi connectivity index (χ2n) is 2.88. The minimum Gasteiger partial charge on any atom is -0.464 e. The van der Waals surface area contributed by atoms with Gasteiger partial charge in [0, 0.05) is 5.56 Å². The molecule has 5 N–H and O–H groups in total. The van der Waals surface area contributed by atoms with Crippen LogP contribution in [-0.4, -0.2) is 39.1 Å². The van der Waals surface area contributed by atoms with E-state index in [1.54, 1.807) is 6.92 Å². The Balaban J connectivity index is 2.72. The quantitative estimate of drug-likeness (QED) is 0.475. The third-order valence-corrected chi connectivity index (χ3v) is 1.85. The lowest BCUT2D eigenvalue weighted by Gasteiger charge is -2.15. The summed E-state index contributed by atoms with van der Waals surface area (Å²) in [4.78, 5) is 11.1. The van der Waals surface area contributed by atoms with E-state index in [0.717, 1.165) is 0 Å². The average molecular weight is 215 g/mol. The highest BCUT2D eigenvalue weighted by Crippen LogP contribution is 2.21. The minimum atomic E-state index is -1.66. The average Bonchev–Trinajstić information content (AvgIpc) is 2.62. The predicted octanol–water partition coefficient (Wildman–Crippen LogP) is -1.05. The number of nitrogens with zero attached hydrogens (tertiary/aromatic N) is 1. The van der Waals surface area contributed by atoms with E-state index in [1.807, 2.05) is 0 Å². The van der Waals surface area contributed by atoms with Gasteiger partial charge in [-0.05, 0) is 6.92 Å². The number of nitrogens with two attached hydrogens (primary N) is 1. The third-order valence-electron chi connectivity index (χ3n) is 1.85. The Morgan fingerprint density at radius 2 is 2.40 bits per heavy atom. The van der Waals surface area contributed by atoms with Crippen LogP contribution in [0.3, 0.4) is 0 Å². The first-order valence-electron chi connectivity index (χ1n) is 4.39. The Bertz CT molecular complexity index is 338. The summed E-state index contributed by atoms with van der Waals surface area (Å²) in [5.74, 6) is -0.795. The number of hydrogen-bond donors (Lipinski definition) is 4. The number of nitrogen functional groups attached to an aromatic ring is 1. The Labute approximate surface area is 85.9 Å². The highest BCUT2D eigenvalue weighted by Gasteiger charge is 2.29. The van der Waals surface area contributed by atoms with Crippen LogP contribution in [0.2, 0.25) is 0 Å². The molecular weight excluding hydrogens is 202 g/mol. The molecule has 0 aliphatic carbocycles. The summed E-state index contributed by atoms with van der Waals surface area (Å²) < 4.78 is 4.54. The molecule has 0 bridgehead atoms. The predicted molar refractivity (Wildman–Crippen MR) is 50.6 cm³/mol. The first-order chi connectivity index (χ1) is 7.07. The molecule has 1 rings (SSSR count). The number of esters is 1. The lowest BCUT2D eigenvalue weighted by Crippen LogP contribution is -2.30. The zero-order chi connectivity index (χ0) is 11.4. The van der Waals surface area contributed by atoms with Crippen molar-refractivity contribution >= 4 is 11.8 Å². The van der Waals surface area contributed by atoms with E-state index in [9.17, 15) is 15.0 Å². The molecule has 1 heterocycles. The van der Waals surface area contributed by atoms with Gasteiger partial charge in [-0.1, -0.05) is 0 Å². The number of hydrogen-bond acceptors (Lipinski definition) is 6. The van der Waals surface area contributed by atoms with Gasteiger partial charge in [-0.3, -0.25) is 5.10 Å². The largest absolute Gasteiger partial charge is 0.464 e. The van der Waals surface area contributed by atoms with Crippen molar-refractivity contribution in [3.63, 3.8) is 0 Å². The van der Waals surface area contributed by atoms with Crippen molar-refractivity contribution in [3.8, 4) is 0 Å². The third kappa shape index (κ3) is 2.45. The van der Waals surface area contributed by atoms with E-state index in [1.165, 1.54) is 6.20 Å². The Hall–Kier alpha value is -1.60. The van der Waals surface area contributed by atoms with Crippen LogP contribution in [0.1, 0.15) is 18.6 Å². The molecule has 84 valence electrons. The van der Waals surface area contributed by atoms with E-state index in [4.69, 9.17) is 5.73 Å². The van der Waals surface area contributed by atoms with E-state index in [2.05, 4.69) is 14.9 Å². The van der Waals surface area contributed by atoms with Gasteiger partial charge >= 0.3 is 5.97 Å². The lowest BCUT2D eigenvalue weighted by molar-refractivity contribution is -0.159. The minimum absolute atomic E-state index is 0.103. The molecule has 0 saturated heterocycles. The van der Waals surface area contributed by atoms with Crippen molar-refractivity contribution < 1.29 is 19.7 Å². The van der Waals surface area contributed by atoms with Crippen molar-refractivity contribution in [2.75, 3.05) is 12.3 Å². The highest BCUT2D eigenvalue weighted by molar-refractivity contribution is 5.75. The van der Waals surface area contributed by atoms with Crippen LogP contribution < -0.4 is 5.73 Å². The molecule has 0 aliphatic heterocycles. The zero-order valence-corrected chi connectivity index (χ0v) is 8.17. The number of aliphatic hydroxyl groups is 2. The second-order valence-corrected chi connectivity index (χ2v) is 2.88. The van der Waals surface area contributed by atoms with Crippen LogP contribution in [0.15, 0.2) is 6.20 Å². The molecule has 7 heteroatoms. The molecule has 1 aromatic rings. The highest BCUT2D eigenvalue weighted by atomic mass is 16.5. The maximum absolute atomic E-state index is 11.1. The molecular formula is C8H13N3O4. The second kappa shape index (κ2) is 4.76. The van der Waals surface area contributed by atoms with Crippen LogP contribution in [0.4, 0.5) is 5.82 Å². The van der Waals surface area contributed by atoms with E-state index < -0.39 is 18.2 Å². The molecule has 0 fully saturated rings. The van der Waals surface area contributed by atoms with Gasteiger partial charge in [-0.2, -0.15) is 5.10 Å². The fourth-order valence-corrected chi connectivity index (χ4v) is 1.07. The summed E-state index contributed by atoms with van der Waals surface area (Å²) in [7, 11) is 0. The number of carbonyl (C=O) groups excluding carboxylic acids is 1. The Kier molecular flexibility index (Phi) is 3.64. The lowest BCUT2D eigenvalue weighted by atomic mass is 10.1. The van der Waals surface area contributed by atoms with E-state index in [-0.39, 0.29) is 18.0 Å². The summed E-state index contributed by atoms with van der Waals surface area (Å²) in [6, 6.07) is 0. The molecule has 0 aromatic carbocycles. The molecule has 1 aromatic heterocycles. The molecule has 0 amide bonds. The molecule has 2 atom stereocenters. The molecule has 0 radical (unpaired) electrons. The summed E-state index contributed by atoms with van der Waals surface area (Å²) in [5, 5.41) is 24.9. The molecule has 7 nitrogen and oxygen atoms in total. The van der Waals surface area contributed by atoms with Gasteiger partial charge in [0.1, 0.15) is 11.9 Å². The van der Waals surface area contributed by atoms with Crippen LogP contribution >= 0.6 is 0 Å². The summed E-state index contributed by atoms with van der Waals surface area (Å²) in [5.41, 5.74) is 5.57. The summed E-state index contributed by atoms with van der Waals surface area (Å²) in [6.45, 7) is 1.73. The maximum Gasteiger partial charge on any atom is 0.338 e. The van der Waals surface area contributed by atoms with Gasteiger partial charge in [0.15, 0.2) is 6.10 Å². The number of anilines is 1. The van der Waals surface area contributed by atoms with Gasteiger partial charge in [0.05, 0.1) is 12.8 Å². The van der Waals surface area contributed by atoms with Crippen molar-refractivity contribution in [2.24, 2.45) is 0 Å². The molecule has 0 spiro atoms. The van der Waals surface area contributed by atoms with Gasteiger partial charge in [-0.15, -0.1) is 0 Å². The van der Waals surface area contributed by atoms with Crippen LogP contribution in [0.25, 0.3) is 0 Å². The number of aromatic amines is 1. The summed E-state index contributed by atoms with van der Waals surface area (Å²) >= 11 is 0. The normalized spacial score (nSPS) is 14.6. The van der Waals surface area contributed by atoms with Crippen LogP contribution in [-0.2, 0) is 9.53 Å². The number of ether oxygens (including phenoxy) is 1. The SMILES string of the molecule is CCOC(=O)C(O)C(O)c1cn[nH]c1N. The number of aromatic nitrogens is 2. The van der Waals surface area contributed by atoms with Crippen molar-refractivity contribution in [3.05, 3.63) is 11.8 Å². The van der Waals surface area contributed by atoms with Gasteiger partial charge in [-0.25, -0.2) is 4.79 Å². The molecule has 0 aliphatic rings. The fraction of sp³-hybridized carbons (Fsp3) is 0.500. The van der Waals surface area contributed by atoms with Crippen molar-refractivity contribution in [2.45, 2.75) is 19.1 Å². The molecule has 15 heavy (non-hydrogen) atoms. The number of rotatable bonds is 4. The maximum atomic E-state index is 11.1. The summed E-state index contributed by atoms with van der Waals surface area (Å²) in [6.07, 6.45) is -1.87. The Morgan fingerprint density at radius 1 is 1.73 bits per heavy atom. The topological polar surface area (TPSA) is 121 Å². The van der Waals surface area contributed by atoms with Crippen molar-refractivity contribution in [1.82, 2.24) is 10.2 Å². The van der Waals surface area contributed by atoms with Crippen LogP contribution in [0, 0.1) is 0 Å². The van der Waals surface area contributed by atoms with Gasteiger partial charge < -0.3 is 20.7 Å². The first kappa shape index (κ1) is 11.5. The van der Waals surface area contributed by atoms with Crippen molar-refractivity contribution in [1.29, 1.82) is 0 Å². The number of H-pyrrole nitrogens is 1. The molecule has 2 unspecified atom stereocenters. The number of nitrogens with one attached hydrogen (secondary N) is 1. The van der Waals surface area contributed by atoms with E-state index >= 15 is 0 Å². The van der Waals surface area contributed by atoms with Crippen LogP contribution in [0.5, 0.6) is 0 Å². The van der Waals surface area contributed by atoms with Gasteiger partial charge in [0.25, 0.3) is 0 Å².